The Morgan fingerprint density at radius 3 is 2.19 bits per heavy atom. The zero-order valence-corrected chi connectivity index (χ0v) is 15.6. The smallest absolute Gasteiger partial charge is 0.282 e. The number of imide groups is 1. The van der Waals surface area contributed by atoms with Gasteiger partial charge in [0.15, 0.2) is 0 Å². The standard InChI is InChI=1S/C22H22N2O3/c1-15-7-3-4-8-18(15)24-21(25)19(16-9-11-17(27-2)12-10-16)20(22(24)26)23-13-5-6-14-23/h3-4,7-12H,5-6,13-14H2,1-2H3. The van der Waals surface area contributed by atoms with Gasteiger partial charge in [0.25, 0.3) is 11.8 Å². The minimum atomic E-state index is -0.263. The summed E-state index contributed by atoms with van der Waals surface area (Å²) in [7, 11) is 1.61. The van der Waals surface area contributed by atoms with Crippen LogP contribution < -0.4 is 9.64 Å². The third-order valence-corrected chi connectivity index (χ3v) is 5.22. The summed E-state index contributed by atoms with van der Waals surface area (Å²) in [4.78, 5) is 30.1. The summed E-state index contributed by atoms with van der Waals surface area (Å²) in [5.74, 6) is 0.220. The zero-order chi connectivity index (χ0) is 19.0. The number of carbonyl (C=O) groups is 2. The Morgan fingerprint density at radius 2 is 1.56 bits per heavy atom. The molecular formula is C22H22N2O3. The predicted molar refractivity (Wildman–Crippen MR) is 104 cm³/mol. The highest BCUT2D eigenvalue weighted by Crippen LogP contribution is 2.37. The van der Waals surface area contributed by atoms with Crippen LogP contribution in [0.2, 0.25) is 0 Å². The van der Waals surface area contributed by atoms with Gasteiger partial charge in [-0.2, -0.15) is 0 Å². The van der Waals surface area contributed by atoms with Crippen LogP contribution >= 0.6 is 0 Å². The van der Waals surface area contributed by atoms with Gasteiger partial charge in [-0.3, -0.25) is 9.59 Å². The molecule has 0 aliphatic carbocycles. The van der Waals surface area contributed by atoms with Crippen LogP contribution in [0.3, 0.4) is 0 Å². The fourth-order valence-electron chi connectivity index (χ4n) is 3.80. The molecule has 2 heterocycles. The largest absolute Gasteiger partial charge is 0.497 e. The third-order valence-electron chi connectivity index (χ3n) is 5.22. The van der Waals surface area contributed by atoms with Crippen LogP contribution in [0.5, 0.6) is 5.75 Å². The Balaban J connectivity index is 1.83. The van der Waals surface area contributed by atoms with Crippen molar-refractivity contribution in [1.82, 2.24) is 4.90 Å². The molecule has 0 saturated carbocycles. The molecule has 2 amide bonds. The first-order valence-corrected chi connectivity index (χ1v) is 9.20. The highest BCUT2D eigenvalue weighted by Gasteiger charge is 2.43. The molecular weight excluding hydrogens is 340 g/mol. The van der Waals surface area contributed by atoms with Gasteiger partial charge < -0.3 is 9.64 Å². The minimum absolute atomic E-state index is 0.234. The molecule has 0 atom stereocenters. The van der Waals surface area contributed by atoms with Gasteiger partial charge in [-0.25, -0.2) is 4.90 Å². The number of amides is 2. The van der Waals surface area contributed by atoms with Crippen LogP contribution in [-0.4, -0.2) is 36.9 Å². The molecule has 0 N–H and O–H groups in total. The lowest BCUT2D eigenvalue weighted by atomic mass is 10.0. The molecule has 2 aromatic carbocycles. The van der Waals surface area contributed by atoms with Gasteiger partial charge >= 0.3 is 0 Å². The second-order valence-electron chi connectivity index (χ2n) is 6.88. The second-order valence-corrected chi connectivity index (χ2v) is 6.88. The van der Waals surface area contributed by atoms with E-state index in [1.165, 1.54) is 4.90 Å². The maximum absolute atomic E-state index is 13.4. The van der Waals surface area contributed by atoms with Crippen molar-refractivity contribution in [3.8, 4) is 5.75 Å². The molecule has 1 fully saturated rings. The van der Waals surface area contributed by atoms with E-state index in [2.05, 4.69) is 4.90 Å². The van der Waals surface area contributed by atoms with Gasteiger partial charge in [-0.1, -0.05) is 30.3 Å². The highest BCUT2D eigenvalue weighted by atomic mass is 16.5. The summed E-state index contributed by atoms with van der Waals surface area (Å²) in [5.41, 5.74) is 3.29. The average Bonchev–Trinajstić information content (AvgIpc) is 3.29. The summed E-state index contributed by atoms with van der Waals surface area (Å²) in [6, 6.07) is 14.8. The van der Waals surface area contributed by atoms with E-state index in [9.17, 15) is 9.59 Å². The van der Waals surface area contributed by atoms with E-state index in [1.807, 2.05) is 55.5 Å². The second kappa shape index (κ2) is 6.91. The summed E-state index contributed by atoms with van der Waals surface area (Å²) in [5, 5.41) is 0. The van der Waals surface area contributed by atoms with E-state index in [4.69, 9.17) is 4.74 Å². The Morgan fingerprint density at radius 1 is 0.889 bits per heavy atom. The molecule has 138 valence electrons. The molecule has 27 heavy (non-hydrogen) atoms. The number of hydrogen-bond acceptors (Lipinski definition) is 4. The number of para-hydroxylation sites is 1. The quantitative estimate of drug-likeness (QED) is 0.783. The van der Waals surface area contributed by atoms with Crippen molar-refractivity contribution >= 4 is 23.1 Å². The highest BCUT2D eigenvalue weighted by molar-refractivity contribution is 6.45. The molecule has 5 heteroatoms. The van der Waals surface area contributed by atoms with E-state index in [0.29, 0.717) is 17.0 Å². The molecule has 0 bridgehead atoms. The number of carbonyl (C=O) groups excluding carboxylic acids is 2. The van der Waals surface area contributed by atoms with Crippen molar-refractivity contribution in [3.05, 3.63) is 65.4 Å². The lowest BCUT2D eigenvalue weighted by Gasteiger charge is -2.21. The number of methoxy groups -OCH3 is 1. The molecule has 0 spiro atoms. The molecule has 4 rings (SSSR count). The van der Waals surface area contributed by atoms with Crippen molar-refractivity contribution in [2.45, 2.75) is 19.8 Å². The fraction of sp³-hybridized carbons (Fsp3) is 0.273. The monoisotopic (exact) mass is 362 g/mol. The summed E-state index contributed by atoms with van der Waals surface area (Å²) in [6.07, 6.45) is 2.07. The van der Waals surface area contributed by atoms with E-state index >= 15 is 0 Å². The van der Waals surface area contributed by atoms with Gasteiger partial charge in [0.05, 0.1) is 18.4 Å². The number of anilines is 1. The maximum atomic E-state index is 13.4. The molecule has 5 nitrogen and oxygen atoms in total. The van der Waals surface area contributed by atoms with Crippen molar-refractivity contribution in [2.24, 2.45) is 0 Å². The van der Waals surface area contributed by atoms with Crippen molar-refractivity contribution < 1.29 is 14.3 Å². The van der Waals surface area contributed by atoms with Gasteiger partial charge in [0.1, 0.15) is 11.4 Å². The lowest BCUT2D eigenvalue weighted by molar-refractivity contribution is -0.120. The molecule has 1 saturated heterocycles. The van der Waals surface area contributed by atoms with Crippen molar-refractivity contribution in [2.75, 3.05) is 25.1 Å². The van der Waals surface area contributed by atoms with Crippen molar-refractivity contribution in [3.63, 3.8) is 0 Å². The minimum Gasteiger partial charge on any atom is -0.497 e. The summed E-state index contributed by atoms with van der Waals surface area (Å²) >= 11 is 0. The van der Waals surface area contributed by atoms with E-state index in [-0.39, 0.29) is 11.8 Å². The van der Waals surface area contributed by atoms with Crippen LogP contribution in [0.25, 0.3) is 5.57 Å². The first-order chi connectivity index (χ1) is 13.1. The van der Waals surface area contributed by atoms with Crippen LogP contribution in [0.1, 0.15) is 24.0 Å². The average molecular weight is 362 g/mol. The number of aryl methyl sites for hydroxylation is 1. The van der Waals surface area contributed by atoms with Gasteiger partial charge in [-0.05, 0) is 49.1 Å². The number of benzene rings is 2. The summed E-state index contributed by atoms with van der Waals surface area (Å²) < 4.78 is 5.22. The topological polar surface area (TPSA) is 49.9 Å². The first-order valence-electron chi connectivity index (χ1n) is 9.20. The SMILES string of the molecule is COc1ccc(C2=C(N3CCCC3)C(=O)N(c3ccccc3C)C2=O)cc1. The Hall–Kier alpha value is -3.08. The molecule has 0 radical (unpaired) electrons. The lowest BCUT2D eigenvalue weighted by Crippen LogP contribution is -2.34. The number of nitrogens with zero attached hydrogens (tertiary/aromatic N) is 2. The zero-order valence-electron chi connectivity index (χ0n) is 15.6. The number of hydrogen-bond donors (Lipinski definition) is 0. The normalized spacial score (nSPS) is 17.3. The van der Waals surface area contributed by atoms with Crippen LogP contribution in [-0.2, 0) is 9.59 Å². The number of rotatable bonds is 4. The van der Waals surface area contributed by atoms with Gasteiger partial charge in [0.2, 0.25) is 0 Å². The number of likely N-dealkylation sites (tertiary alicyclic amines) is 1. The maximum Gasteiger partial charge on any atom is 0.282 e. The Bertz CT molecular complexity index is 925. The Kier molecular flexibility index (Phi) is 4.44. The molecule has 2 aliphatic heterocycles. The number of ether oxygens (including phenoxy) is 1. The third kappa shape index (κ3) is 2.89. The van der Waals surface area contributed by atoms with Crippen LogP contribution in [0.4, 0.5) is 5.69 Å². The molecule has 2 aromatic rings. The molecule has 2 aliphatic rings. The summed E-state index contributed by atoms with van der Waals surface area (Å²) in [6.45, 7) is 3.52. The van der Waals surface area contributed by atoms with E-state index in [1.54, 1.807) is 7.11 Å². The predicted octanol–water partition coefficient (Wildman–Crippen LogP) is 3.38. The van der Waals surface area contributed by atoms with E-state index in [0.717, 1.165) is 42.8 Å². The van der Waals surface area contributed by atoms with E-state index < -0.39 is 0 Å². The van der Waals surface area contributed by atoms with Crippen LogP contribution in [0, 0.1) is 6.92 Å². The fourth-order valence-corrected chi connectivity index (χ4v) is 3.80. The van der Waals surface area contributed by atoms with Gasteiger partial charge in [-0.15, -0.1) is 0 Å². The van der Waals surface area contributed by atoms with Crippen molar-refractivity contribution in [1.29, 1.82) is 0 Å². The Labute approximate surface area is 158 Å². The first kappa shape index (κ1) is 17.3. The molecule has 0 unspecified atom stereocenters. The molecule has 0 aromatic heterocycles. The van der Waals surface area contributed by atoms with Crippen LogP contribution in [0.15, 0.2) is 54.2 Å². The van der Waals surface area contributed by atoms with Gasteiger partial charge in [0, 0.05) is 13.1 Å².